The Morgan fingerprint density at radius 2 is 2.00 bits per heavy atom. The fraction of sp³-hybridized carbons (Fsp3) is 0.333. The minimum atomic E-state index is -1.08. The van der Waals surface area contributed by atoms with Gasteiger partial charge in [-0.25, -0.2) is 4.79 Å². The molecular formula is C12H15NO5. The van der Waals surface area contributed by atoms with Crippen molar-refractivity contribution in [3.63, 3.8) is 0 Å². The summed E-state index contributed by atoms with van der Waals surface area (Å²) >= 11 is 0. The van der Waals surface area contributed by atoms with E-state index in [4.69, 9.17) is 14.6 Å². The molecule has 6 nitrogen and oxygen atoms in total. The van der Waals surface area contributed by atoms with Gasteiger partial charge in [-0.05, 0) is 19.1 Å². The summed E-state index contributed by atoms with van der Waals surface area (Å²) in [5.41, 5.74) is 0.420. The number of carboxylic acids is 1. The van der Waals surface area contributed by atoms with Crippen LogP contribution in [0.3, 0.4) is 0 Å². The van der Waals surface area contributed by atoms with Crippen molar-refractivity contribution in [1.82, 2.24) is 0 Å². The zero-order valence-corrected chi connectivity index (χ0v) is 10.0. The van der Waals surface area contributed by atoms with E-state index in [-0.39, 0.29) is 12.5 Å². The molecule has 0 aromatic heterocycles. The summed E-state index contributed by atoms with van der Waals surface area (Å²) in [5, 5.41) is 11.1. The van der Waals surface area contributed by atoms with Crippen LogP contribution in [0, 0.1) is 0 Å². The molecule has 1 aromatic rings. The standard InChI is InChI=1S/C12H15NO5/c1-2-17-7-11(14)13-9-5-3-4-6-10(9)18-8-12(15)16/h3-6H,2,7-8H2,1H3,(H,13,14)(H,15,16). The van der Waals surface area contributed by atoms with Gasteiger partial charge in [0.25, 0.3) is 0 Å². The maximum atomic E-state index is 11.5. The molecule has 1 aromatic carbocycles. The lowest BCUT2D eigenvalue weighted by atomic mass is 10.3. The largest absolute Gasteiger partial charge is 0.480 e. The first kappa shape index (κ1) is 14.0. The van der Waals surface area contributed by atoms with Gasteiger partial charge in [-0.3, -0.25) is 4.79 Å². The van der Waals surface area contributed by atoms with Crippen molar-refractivity contribution in [1.29, 1.82) is 0 Å². The first-order valence-electron chi connectivity index (χ1n) is 5.44. The Labute approximate surface area is 105 Å². The van der Waals surface area contributed by atoms with E-state index in [0.29, 0.717) is 18.0 Å². The Bertz CT molecular complexity index is 419. The molecule has 0 saturated heterocycles. The highest BCUT2D eigenvalue weighted by molar-refractivity contribution is 5.93. The van der Waals surface area contributed by atoms with E-state index in [0.717, 1.165) is 0 Å². The molecule has 1 amide bonds. The van der Waals surface area contributed by atoms with Crippen molar-refractivity contribution in [3.05, 3.63) is 24.3 Å². The Morgan fingerprint density at radius 3 is 2.67 bits per heavy atom. The first-order valence-corrected chi connectivity index (χ1v) is 5.44. The van der Waals surface area contributed by atoms with Gasteiger partial charge < -0.3 is 19.9 Å². The van der Waals surface area contributed by atoms with Gasteiger partial charge in [-0.1, -0.05) is 12.1 Å². The van der Waals surface area contributed by atoms with Gasteiger partial charge in [0.15, 0.2) is 6.61 Å². The summed E-state index contributed by atoms with van der Waals surface area (Å²) in [5.74, 6) is -1.08. The van der Waals surface area contributed by atoms with E-state index in [2.05, 4.69) is 5.32 Å². The zero-order chi connectivity index (χ0) is 13.4. The molecule has 0 fully saturated rings. The average molecular weight is 253 g/mol. The van der Waals surface area contributed by atoms with Crippen LogP contribution in [-0.4, -0.2) is 36.8 Å². The molecule has 0 aliphatic rings. The highest BCUT2D eigenvalue weighted by Gasteiger charge is 2.08. The van der Waals surface area contributed by atoms with E-state index in [9.17, 15) is 9.59 Å². The molecule has 18 heavy (non-hydrogen) atoms. The molecule has 0 saturated carbocycles. The smallest absolute Gasteiger partial charge is 0.341 e. The molecule has 0 radical (unpaired) electrons. The topological polar surface area (TPSA) is 84.9 Å². The average Bonchev–Trinajstić information content (AvgIpc) is 2.35. The van der Waals surface area contributed by atoms with Crippen LogP contribution in [0.5, 0.6) is 5.75 Å². The monoisotopic (exact) mass is 253 g/mol. The second kappa shape index (κ2) is 7.29. The number of hydrogen-bond donors (Lipinski definition) is 2. The van der Waals surface area contributed by atoms with Gasteiger partial charge in [0, 0.05) is 6.61 Å². The second-order valence-electron chi connectivity index (χ2n) is 3.36. The molecule has 0 spiro atoms. The molecule has 98 valence electrons. The first-order chi connectivity index (χ1) is 8.63. The van der Waals surface area contributed by atoms with E-state index < -0.39 is 12.6 Å². The predicted octanol–water partition coefficient (Wildman–Crippen LogP) is 1.12. The Morgan fingerprint density at radius 1 is 1.28 bits per heavy atom. The van der Waals surface area contributed by atoms with Crippen LogP contribution >= 0.6 is 0 Å². The van der Waals surface area contributed by atoms with Crippen LogP contribution in [0.2, 0.25) is 0 Å². The Hall–Kier alpha value is -2.08. The summed E-state index contributed by atoms with van der Waals surface area (Å²) in [6, 6.07) is 6.61. The van der Waals surface area contributed by atoms with Crippen molar-refractivity contribution in [3.8, 4) is 5.75 Å². The molecule has 0 atom stereocenters. The van der Waals surface area contributed by atoms with Crippen LogP contribution in [0.25, 0.3) is 0 Å². The molecule has 2 N–H and O–H groups in total. The quantitative estimate of drug-likeness (QED) is 0.760. The number of nitrogens with one attached hydrogen (secondary N) is 1. The molecule has 0 aliphatic carbocycles. The molecule has 0 bridgehead atoms. The third kappa shape index (κ3) is 4.84. The SMILES string of the molecule is CCOCC(=O)Nc1ccccc1OCC(=O)O. The number of carbonyl (C=O) groups is 2. The highest BCUT2D eigenvalue weighted by atomic mass is 16.5. The van der Waals surface area contributed by atoms with Crippen LogP contribution < -0.4 is 10.1 Å². The van der Waals surface area contributed by atoms with Gasteiger partial charge in [0.05, 0.1) is 5.69 Å². The number of aliphatic carboxylic acids is 1. The molecule has 1 rings (SSSR count). The maximum Gasteiger partial charge on any atom is 0.341 e. The summed E-state index contributed by atoms with van der Waals surface area (Å²) < 4.78 is 10.0. The molecule has 0 heterocycles. The highest BCUT2D eigenvalue weighted by Crippen LogP contribution is 2.23. The minimum absolute atomic E-state index is 0.0518. The molecule has 6 heteroatoms. The second-order valence-corrected chi connectivity index (χ2v) is 3.36. The van der Waals surface area contributed by atoms with E-state index in [1.54, 1.807) is 31.2 Å². The van der Waals surface area contributed by atoms with E-state index >= 15 is 0 Å². The predicted molar refractivity (Wildman–Crippen MR) is 64.7 cm³/mol. The summed E-state index contributed by atoms with van der Waals surface area (Å²) in [4.78, 5) is 21.9. The van der Waals surface area contributed by atoms with Crippen molar-refractivity contribution in [2.75, 3.05) is 25.1 Å². The fourth-order valence-electron chi connectivity index (χ4n) is 1.22. The molecule has 0 unspecified atom stereocenters. The summed E-state index contributed by atoms with van der Waals surface area (Å²) in [6.07, 6.45) is 0. The third-order valence-electron chi connectivity index (χ3n) is 1.95. The van der Waals surface area contributed by atoms with Crippen LogP contribution in [0.15, 0.2) is 24.3 Å². The number of hydrogen-bond acceptors (Lipinski definition) is 4. The normalized spacial score (nSPS) is 9.83. The number of ether oxygens (including phenoxy) is 2. The number of carboxylic acid groups (broad SMARTS) is 1. The lowest BCUT2D eigenvalue weighted by Gasteiger charge is -2.11. The van der Waals surface area contributed by atoms with Crippen LogP contribution in [0.4, 0.5) is 5.69 Å². The number of rotatable bonds is 7. The Kier molecular flexibility index (Phi) is 5.66. The number of para-hydroxylation sites is 2. The Balaban J connectivity index is 2.63. The van der Waals surface area contributed by atoms with Gasteiger partial charge in [0.1, 0.15) is 12.4 Å². The fourth-order valence-corrected chi connectivity index (χ4v) is 1.22. The van der Waals surface area contributed by atoms with Crippen LogP contribution in [-0.2, 0) is 14.3 Å². The third-order valence-corrected chi connectivity index (χ3v) is 1.95. The zero-order valence-electron chi connectivity index (χ0n) is 10.0. The maximum absolute atomic E-state index is 11.5. The van der Waals surface area contributed by atoms with Crippen molar-refractivity contribution >= 4 is 17.6 Å². The number of carbonyl (C=O) groups excluding carboxylic acids is 1. The van der Waals surface area contributed by atoms with Crippen LogP contribution in [0.1, 0.15) is 6.92 Å². The summed E-state index contributed by atoms with van der Waals surface area (Å²) in [6.45, 7) is 1.73. The van der Waals surface area contributed by atoms with Gasteiger partial charge in [0.2, 0.25) is 5.91 Å². The lowest BCUT2D eigenvalue weighted by Crippen LogP contribution is -2.19. The van der Waals surface area contributed by atoms with Gasteiger partial charge in [-0.15, -0.1) is 0 Å². The van der Waals surface area contributed by atoms with Crippen molar-refractivity contribution in [2.24, 2.45) is 0 Å². The van der Waals surface area contributed by atoms with Gasteiger partial charge in [-0.2, -0.15) is 0 Å². The number of amides is 1. The molecular weight excluding hydrogens is 238 g/mol. The minimum Gasteiger partial charge on any atom is -0.480 e. The van der Waals surface area contributed by atoms with E-state index in [1.807, 2.05) is 0 Å². The lowest BCUT2D eigenvalue weighted by molar-refractivity contribution is -0.139. The van der Waals surface area contributed by atoms with E-state index in [1.165, 1.54) is 0 Å². The number of benzene rings is 1. The van der Waals surface area contributed by atoms with Gasteiger partial charge >= 0.3 is 5.97 Å². The number of anilines is 1. The summed E-state index contributed by atoms with van der Waals surface area (Å²) in [7, 11) is 0. The van der Waals surface area contributed by atoms with Crippen molar-refractivity contribution in [2.45, 2.75) is 6.92 Å². The molecule has 0 aliphatic heterocycles. The van der Waals surface area contributed by atoms with Crippen molar-refractivity contribution < 1.29 is 24.2 Å².